The van der Waals surface area contributed by atoms with Crippen LogP contribution in [0.25, 0.3) is 0 Å². The molecule has 1 saturated heterocycles. The van der Waals surface area contributed by atoms with Crippen molar-refractivity contribution in [3.05, 3.63) is 0 Å². The van der Waals surface area contributed by atoms with Crippen LogP contribution in [0.2, 0.25) is 0 Å². The van der Waals surface area contributed by atoms with E-state index in [0.717, 1.165) is 45.4 Å². The molecule has 0 spiro atoms. The van der Waals surface area contributed by atoms with E-state index in [1.165, 1.54) is 0 Å². The molecule has 0 aliphatic carbocycles. The monoisotopic (exact) mass is 214 g/mol. The lowest BCUT2D eigenvalue weighted by atomic mass is 10.1. The highest BCUT2D eigenvalue weighted by atomic mass is 16.4. The van der Waals surface area contributed by atoms with E-state index >= 15 is 0 Å². The number of likely N-dealkylation sites (N-methyl/N-ethyl adjacent to an activating group) is 1. The highest BCUT2D eigenvalue weighted by molar-refractivity contribution is 5.73. The van der Waals surface area contributed by atoms with Crippen LogP contribution in [0.3, 0.4) is 0 Å². The second-order valence-electron chi connectivity index (χ2n) is 4.34. The van der Waals surface area contributed by atoms with Crippen LogP contribution in [0.5, 0.6) is 0 Å². The van der Waals surface area contributed by atoms with Crippen molar-refractivity contribution >= 4 is 5.97 Å². The second kappa shape index (κ2) is 6.08. The van der Waals surface area contributed by atoms with Gasteiger partial charge in [-0.3, -0.25) is 9.69 Å². The van der Waals surface area contributed by atoms with E-state index in [4.69, 9.17) is 5.11 Å². The maximum Gasteiger partial charge on any atom is 0.320 e. The van der Waals surface area contributed by atoms with Gasteiger partial charge in [-0.05, 0) is 13.5 Å². The molecule has 1 unspecified atom stereocenters. The molecular formula is C11H22N2O2. The first-order valence-corrected chi connectivity index (χ1v) is 5.80. The van der Waals surface area contributed by atoms with Crippen LogP contribution in [0.15, 0.2) is 0 Å². The van der Waals surface area contributed by atoms with Crippen LogP contribution in [-0.4, -0.2) is 60.1 Å². The summed E-state index contributed by atoms with van der Waals surface area (Å²) >= 11 is 0. The third kappa shape index (κ3) is 3.80. The molecule has 0 amide bonds. The van der Waals surface area contributed by atoms with Crippen LogP contribution in [0.4, 0.5) is 0 Å². The third-order valence-electron chi connectivity index (χ3n) is 3.09. The summed E-state index contributed by atoms with van der Waals surface area (Å²) in [7, 11) is 2.08. The van der Waals surface area contributed by atoms with Crippen LogP contribution >= 0.6 is 0 Å². The molecule has 0 aromatic heterocycles. The Bertz CT molecular complexity index is 201. The Morgan fingerprint density at radius 2 is 1.93 bits per heavy atom. The van der Waals surface area contributed by atoms with Gasteiger partial charge in [-0.15, -0.1) is 0 Å². The predicted molar refractivity (Wildman–Crippen MR) is 60.0 cm³/mol. The normalized spacial score (nSPS) is 21.5. The summed E-state index contributed by atoms with van der Waals surface area (Å²) in [5, 5.41) is 9.16. The molecule has 1 aliphatic rings. The molecule has 1 rings (SSSR count). The molecule has 1 N–H and O–H groups in total. The quantitative estimate of drug-likeness (QED) is 0.738. The van der Waals surface area contributed by atoms with E-state index < -0.39 is 5.97 Å². The zero-order valence-corrected chi connectivity index (χ0v) is 9.78. The minimum Gasteiger partial charge on any atom is -0.480 e. The van der Waals surface area contributed by atoms with Crippen LogP contribution < -0.4 is 0 Å². The van der Waals surface area contributed by atoms with Crippen molar-refractivity contribution in [1.29, 1.82) is 0 Å². The molecule has 1 fully saturated rings. The predicted octanol–water partition coefficient (Wildman–Crippen LogP) is 0.877. The minimum atomic E-state index is -0.659. The number of hydrogen-bond acceptors (Lipinski definition) is 3. The molecule has 15 heavy (non-hydrogen) atoms. The van der Waals surface area contributed by atoms with Gasteiger partial charge in [0.05, 0.1) is 0 Å². The van der Waals surface area contributed by atoms with Crippen LogP contribution in [-0.2, 0) is 4.79 Å². The number of carboxylic acids is 1. The van der Waals surface area contributed by atoms with Crippen molar-refractivity contribution in [2.24, 2.45) is 0 Å². The Kier molecular flexibility index (Phi) is 5.05. The number of unbranched alkanes of at least 4 members (excludes halogenated alkanes) is 1. The Balaban J connectivity index is 2.44. The average Bonchev–Trinajstić information content (AvgIpc) is 2.21. The fourth-order valence-electron chi connectivity index (χ4n) is 1.99. The van der Waals surface area contributed by atoms with Gasteiger partial charge < -0.3 is 10.0 Å². The summed E-state index contributed by atoms with van der Waals surface area (Å²) in [4.78, 5) is 15.5. The topological polar surface area (TPSA) is 43.8 Å². The fourth-order valence-corrected chi connectivity index (χ4v) is 1.99. The Labute approximate surface area is 91.9 Å². The second-order valence-corrected chi connectivity index (χ2v) is 4.34. The lowest BCUT2D eigenvalue weighted by Crippen LogP contribution is -2.51. The Morgan fingerprint density at radius 1 is 1.33 bits per heavy atom. The number of carbonyl (C=O) groups is 1. The third-order valence-corrected chi connectivity index (χ3v) is 3.09. The van der Waals surface area contributed by atoms with Gasteiger partial charge in [0.2, 0.25) is 0 Å². The van der Waals surface area contributed by atoms with Gasteiger partial charge in [0.1, 0.15) is 6.04 Å². The standard InChI is InChI=1S/C11H22N2O2/c1-3-4-5-10(11(14)15)13-8-6-12(2)7-9-13/h10H,3-9H2,1-2H3,(H,14,15). The molecule has 0 aromatic rings. The van der Waals surface area contributed by atoms with Crippen LogP contribution in [0.1, 0.15) is 26.2 Å². The van der Waals surface area contributed by atoms with Crippen molar-refractivity contribution in [3.8, 4) is 0 Å². The van der Waals surface area contributed by atoms with E-state index in [2.05, 4.69) is 23.8 Å². The first-order chi connectivity index (χ1) is 7.15. The van der Waals surface area contributed by atoms with Crippen molar-refractivity contribution in [1.82, 2.24) is 9.80 Å². The summed E-state index contributed by atoms with van der Waals surface area (Å²) in [6.45, 7) is 5.84. The summed E-state index contributed by atoms with van der Waals surface area (Å²) in [6, 6.07) is -0.265. The highest BCUT2D eigenvalue weighted by Gasteiger charge is 2.27. The van der Waals surface area contributed by atoms with Gasteiger partial charge in [0.15, 0.2) is 0 Å². The minimum absolute atomic E-state index is 0.265. The van der Waals surface area contributed by atoms with Gasteiger partial charge in [-0.2, -0.15) is 0 Å². The van der Waals surface area contributed by atoms with E-state index in [1.807, 2.05) is 0 Å². The molecule has 88 valence electrons. The van der Waals surface area contributed by atoms with E-state index in [9.17, 15) is 4.79 Å². The molecule has 4 heteroatoms. The number of aliphatic carboxylic acids is 1. The number of nitrogens with zero attached hydrogens (tertiary/aromatic N) is 2. The molecule has 0 bridgehead atoms. The van der Waals surface area contributed by atoms with Crippen molar-refractivity contribution in [3.63, 3.8) is 0 Å². The molecule has 1 atom stereocenters. The van der Waals surface area contributed by atoms with E-state index in [0.29, 0.717) is 0 Å². The van der Waals surface area contributed by atoms with Gasteiger partial charge in [-0.25, -0.2) is 0 Å². The van der Waals surface area contributed by atoms with Crippen LogP contribution in [0, 0.1) is 0 Å². The lowest BCUT2D eigenvalue weighted by molar-refractivity contribution is -0.144. The highest BCUT2D eigenvalue weighted by Crippen LogP contribution is 2.11. The smallest absolute Gasteiger partial charge is 0.320 e. The first kappa shape index (κ1) is 12.5. The Morgan fingerprint density at radius 3 is 2.40 bits per heavy atom. The van der Waals surface area contributed by atoms with E-state index in [1.54, 1.807) is 0 Å². The van der Waals surface area contributed by atoms with Crippen molar-refractivity contribution in [2.45, 2.75) is 32.2 Å². The molecule has 4 nitrogen and oxygen atoms in total. The molecule has 1 heterocycles. The molecule has 0 saturated carbocycles. The maximum atomic E-state index is 11.1. The van der Waals surface area contributed by atoms with E-state index in [-0.39, 0.29) is 6.04 Å². The van der Waals surface area contributed by atoms with Gasteiger partial charge >= 0.3 is 5.97 Å². The number of hydrogen-bond donors (Lipinski definition) is 1. The molecular weight excluding hydrogens is 192 g/mol. The largest absolute Gasteiger partial charge is 0.480 e. The summed E-state index contributed by atoms with van der Waals surface area (Å²) in [6.07, 6.45) is 2.86. The van der Waals surface area contributed by atoms with Crippen molar-refractivity contribution in [2.75, 3.05) is 33.2 Å². The molecule has 0 radical (unpaired) electrons. The summed E-state index contributed by atoms with van der Waals surface area (Å²) in [5.74, 6) is -0.659. The summed E-state index contributed by atoms with van der Waals surface area (Å²) in [5.41, 5.74) is 0. The number of rotatable bonds is 5. The zero-order valence-electron chi connectivity index (χ0n) is 9.78. The first-order valence-electron chi connectivity index (χ1n) is 5.80. The zero-order chi connectivity index (χ0) is 11.3. The van der Waals surface area contributed by atoms with Crippen molar-refractivity contribution < 1.29 is 9.90 Å². The maximum absolute atomic E-state index is 11.1. The SMILES string of the molecule is CCCCC(C(=O)O)N1CCN(C)CC1. The number of piperazine rings is 1. The van der Waals surface area contributed by atoms with Gasteiger partial charge in [0.25, 0.3) is 0 Å². The number of carboxylic acid groups (broad SMARTS) is 1. The lowest BCUT2D eigenvalue weighted by Gasteiger charge is -2.36. The van der Waals surface area contributed by atoms with Gasteiger partial charge in [0, 0.05) is 26.2 Å². The molecule has 1 aliphatic heterocycles. The average molecular weight is 214 g/mol. The fraction of sp³-hybridized carbons (Fsp3) is 0.909. The van der Waals surface area contributed by atoms with Gasteiger partial charge in [-0.1, -0.05) is 19.8 Å². The molecule has 0 aromatic carbocycles. The Hall–Kier alpha value is -0.610. The summed E-state index contributed by atoms with van der Waals surface area (Å²) < 4.78 is 0.